The van der Waals surface area contributed by atoms with Crippen LogP contribution in [0.3, 0.4) is 0 Å². The Bertz CT molecular complexity index is 649. The molecule has 3 heteroatoms. The molecule has 0 aliphatic heterocycles. The van der Waals surface area contributed by atoms with E-state index in [1.807, 2.05) is 13.8 Å². The largest absolute Gasteiger partial charge is 0.385 e. The maximum atomic E-state index is 12.0. The van der Waals surface area contributed by atoms with Crippen LogP contribution in [0.15, 0.2) is 22.2 Å². The van der Waals surface area contributed by atoms with E-state index in [0.29, 0.717) is 11.8 Å². The molecule has 0 bridgehead atoms. The number of aromatic nitrogens is 1. The number of nitrogens with zero attached hydrogens (tertiary/aromatic N) is 1. The van der Waals surface area contributed by atoms with Gasteiger partial charge < -0.3 is 9.63 Å². The zero-order valence-electron chi connectivity index (χ0n) is 15.7. The Hall–Kier alpha value is -1.35. The molecule has 0 unspecified atom stereocenters. The number of hydrogen-bond donors (Lipinski definition) is 1. The lowest BCUT2D eigenvalue weighted by molar-refractivity contribution is -0.0303. The minimum absolute atomic E-state index is 0.433. The van der Waals surface area contributed by atoms with Crippen LogP contribution in [0.5, 0.6) is 0 Å². The van der Waals surface area contributed by atoms with Gasteiger partial charge in [-0.3, -0.25) is 0 Å². The second-order valence-electron chi connectivity index (χ2n) is 8.35. The molecule has 1 N–H and O–H groups in total. The van der Waals surface area contributed by atoms with E-state index in [0.717, 1.165) is 29.9 Å². The zero-order chi connectivity index (χ0) is 17.4. The smallest absolute Gasteiger partial charge is 0.141 e. The van der Waals surface area contributed by atoms with Crippen LogP contribution < -0.4 is 0 Å². The van der Waals surface area contributed by atoms with Gasteiger partial charge >= 0.3 is 0 Å². The van der Waals surface area contributed by atoms with Crippen molar-refractivity contribution in [2.75, 3.05) is 0 Å². The van der Waals surface area contributed by atoms with Gasteiger partial charge in [0.15, 0.2) is 0 Å². The number of hydrogen-bond acceptors (Lipinski definition) is 3. The Kier molecular flexibility index (Phi) is 4.61. The first kappa shape index (κ1) is 17.1. The Morgan fingerprint density at radius 2 is 1.64 bits per heavy atom. The average Bonchev–Trinajstić information content (AvgIpc) is 3.37. The molecule has 1 heterocycles. The van der Waals surface area contributed by atoms with E-state index in [1.165, 1.54) is 62.5 Å². The van der Waals surface area contributed by atoms with E-state index in [1.54, 1.807) is 0 Å². The molecule has 3 nitrogen and oxygen atoms in total. The summed E-state index contributed by atoms with van der Waals surface area (Å²) in [4.78, 5) is 0. The second-order valence-corrected chi connectivity index (χ2v) is 8.35. The highest BCUT2D eigenvalue weighted by molar-refractivity contribution is 5.73. The summed E-state index contributed by atoms with van der Waals surface area (Å²) in [7, 11) is 0. The molecular formula is C22H31NO2. The van der Waals surface area contributed by atoms with Gasteiger partial charge in [-0.15, -0.1) is 0 Å². The fraction of sp³-hybridized carbons (Fsp3) is 0.682. The van der Waals surface area contributed by atoms with Crippen LogP contribution >= 0.6 is 0 Å². The molecule has 25 heavy (non-hydrogen) atoms. The van der Waals surface area contributed by atoms with E-state index in [-0.39, 0.29) is 0 Å². The Labute approximate surface area is 151 Å². The summed E-state index contributed by atoms with van der Waals surface area (Å²) in [5.74, 6) is 1.76. The standard InChI is InChI=1S/C22H31NO2/c1-15-21(16(2)25-23-15)17-8-7-13-20(14-17)22(24,18-9-3-4-10-18)19-11-5-6-12-19/h13-14,18-19,24H,3-12H2,1-2H3. The highest BCUT2D eigenvalue weighted by atomic mass is 16.5. The van der Waals surface area contributed by atoms with Gasteiger partial charge in [0, 0.05) is 5.56 Å². The minimum atomic E-state index is -0.627. The van der Waals surface area contributed by atoms with Crippen LogP contribution in [0.2, 0.25) is 0 Å². The van der Waals surface area contributed by atoms with E-state index in [9.17, 15) is 5.11 Å². The Morgan fingerprint density at radius 1 is 1.04 bits per heavy atom. The van der Waals surface area contributed by atoms with Gasteiger partial charge in [-0.05, 0) is 75.4 Å². The third-order valence-corrected chi connectivity index (χ3v) is 6.88. The number of aliphatic hydroxyl groups is 1. The lowest BCUT2D eigenvalue weighted by Gasteiger charge is -2.42. The summed E-state index contributed by atoms with van der Waals surface area (Å²) in [5.41, 5.74) is 3.98. The first-order valence-corrected chi connectivity index (χ1v) is 10.2. The number of allylic oxidation sites excluding steroid dienone is 2. The lowest BCUT2D eigenvalue weighted by atomic mass is 9.68. The van der Waals surface area contributed by atoms with Crippen molar-refractivity contribution in [3.63, 3.8) is 0 Å². The number of aryl methyl sites for hydroxylation is 2. The first-order chi connectivity index (χ1) is 12.1. The first-order valence-electron chi connectivity index (χ1n) is 10.2. The molecule has 3 aliphatic carbocycles. The number of rotatable bonds is 4. The van der Waals surface area contributed by atoms with Crippen molar-refractivity contribution < 1.29 is 9.63 Å². The van der Waals surface area contributed by atoms with E-state index >= 15 is 0 Å². The van der Waals surface area contributed by atoms with Crippen molar-refractivity contribution in [3.05, 3.63) is 34.7 Å². The summed E-state index contributed by atoms with van der Waals surface area (Å²) >= 11 is 0. The Balaban J connectivity index is 1.72. The highest BCUT2D eigenvalue weighted by Gasteiger charge is 2.47. The lowest BCUT2D eigenvalue weighted by Crippen LogP contribution is -2.45. The van der Waals surface area contributed by atoms with Gasteiger partial charge in [0.2, 0.25) is 0 Å². The third-order valence-electron chi connectivity index (χ3n) is 6.88. The van der Waals surface area contributed by atoms with Crippen molar-refractivity contribution in [2.45, 2.75) is 83.7 Å². The molecule has 3 aliphatic rings. The molecular weight excluding hydrogens is 310 g/mol. The summed E-state index contributed by atoms with van der Waals surface area (Å²) in [5, 5.41) is 16.2. The maximum absolute atomic E-state index is 12.0. The predicted molar refractivity (Wildman–Crippen MR) is 100 cm³/mol. The fourth-order valence-electron chi connectivity index (χ4n) is 5.66. The van der Waals surface area contributed by atoms with Crippen LogP contribution in [0.4, 0.5) is 0 Å². The van der Waals surface area contributed by atoms with E-state index in [4.69, 9.17) is 4.52 Å². The average molecular weight is 341 g/mol. The normalized spacial score (nSPS) is 23.2. The molecule has 0 spiro atoms. The van der Waals surface area contributed by atoms with Crippen molar-refractivity contribution in [1.82, 2.24) is 5.16 Å². The molecule has 0 aromatic carbocycles. The van der Waals surface area contributed by atoms with Crippen LogP contribution in [-0.2, 0) is 0 Å². The van der Waals surface area contributed by atoms with Gasteiger partial charge in [0.25, 0.3) is 0 Å². The molecule has 0 amide bonds. The molecule has 0 atom stereocenters. The summed E-state index contributed by atoms with van der Waals surface area (Å²) < 4.78 is 5.40. The molecule has 0 radical (unpaired) electrons. The van der Waals surface area contributed by atoms with Crippen molar-refractivity contribution in [2.24, 2.45) is 11.8 Å². The SMILES string of the molecule is Cc1noc(C)c1C1=CC(C(O)(C2CCCC2)C2CCCC2)=CCC1. The summed E-state index contributed by atoms with van der Waals surface area (Å²) in [6.45, 7) is 4.01. The van der Waals surface area contributed by atoms with Gasteiger partial charge in [-0.2, -0.15) is 0 Å². The monoisotopic (exact) mass is 341 g/mol. The molecule has 1 aromatic rings. The maximum Gasteiger partial charge on any atom is 0.141 e. The molecule has 4 rings (SSSR count). The van der Waals surface area contributed by atoms with Gasteiger partial charge in [0.1, 0.15) is 5.76 Å². The van der Waals surface area contributed by atoms with E-state index < -0.39 is 5.60 Å². The molecule has 0 saturated heterocycles. The predicted octanol–water partition coefficient (Wildman–Crippen LogP) is 5.51. The molecule has 1 aromatic heterocycles. The van der Waals surface area contributed by atoms with Crippen molar-refractivity contribution in [3.8, 4) is 0 Å². The van der Waals surface area contributed by atoms with Crippen LogP contribution in [0.25, 0.3) is 5.57 Å². The van der Waals surface area contributed by atoms with Crippen molar-refractivity contribution >= 4 is 5.57 Å². The molecule has 136 valence electrons. The highest BCUT2D eigenvalue weighted by Crippen LogP contribution is 2.50. The van der Waals surface area contributed by atoms with Crippen LogP contribution in [0, 0.1) is 25.7 Å². The van der Waals surface area contributed by atoms with Gasteiger partial charge in [0.05, 0.1) is 11.3 Å². The molecule has 2 fully saturated rings. The van der Waals surface area contributed by atoms with Crippen LogP contribution in [0.1, 0.15) is 81.2 Å². The van der Waals surface area contributed by atoms with Crippen LogP contribution in [-0.4, -0.2) is 15.9 Å². The summed E-state index contributed by atoms with van der Waals surface area (Å²) in [6, 6.07) is 0. The van der Waals surface area contributed by atoms with Gasteiger partial charge in [-0.25, -0.2) is 0 Å². The Morgan fingerprint density at radius 3 is 2.16 bits per heavy atom. The van der Waals surface area contributed by atoms with Gasteiger partial charge in [-0.1, -0.05) is 43.0 Å². The molecule has 2 saturated carbocycles. The second kappa shape index (κ2) is 6.75. The minimum Gasteiger partial charge on any atom is -0.385 e. The third kappa shape index (κ3) is 2.91. The van der Waals surface area contributed by atoms with E-state index in [2.05, 4.69) is 17.3 Å². The summed E-state index contributed by atoms with van der Waals surface area (Å²) in [6.07, 6.45) is 16.4. The zero-order valence-corrected chi connectivity index (χ0v) is 15.7. The topological polar surface area (TPSA) is 46.3 Å². The quantitative estimate of drug-likeness (QED) is 0.786. The fourth-order valence-corrected chi connectivity index (χ4v) is 5.66. The van der Waals surface area contributed by atoms with Crippen molar-refractivity contribution in [1.29, 1.82) is 0 Å².